The van der Waals surface area contributed by atoms with Crippen LogP contribution in [-0.4, -0.2) is 30.6 Å². The van der Waals surface area contributed by atoms with Gasteiger partial charge in [-0.25, -0.2) is 4.79 Å². The van der Waals surface area contributed by atoms with Crippen molar-refractivity contribution in [2.45, 2.75) is 45.8 Å². The van der Waals surface area contributed by atoms with Gasteiger partial charge in [-0.3, -0.25) is 9.69 Å². The number of benzene rings is 1. The van der Waals surface area contributed by atoms with E-state index in [1.165, 1.54) is 4.90 Å². The lowest BCUT2D eigenvalue weighted by Crippen LogP contribution is -2.65. The van der Waals surface area contributed by atoms with Gasteiger partial charge in [0.2, 0.25) is 5.91 Å². The van der Waals surface area contributed by atoms with E-state index in [4.69, 9.17) is 9.47 Å². The number of carbonyl (C=O) groups excluding carboxylic acids is 2. The van der Waals surface area contributed by atoms with Crippen molar-refractivity contribution in [2.75, 3.05) is 12.0 Å². The predicted molar refractivity (Wildman–Crippen MR) is 83.9 cm³/mol. The molecule has 2 atom stereocenters. The first-order valence-electron chi connectivity index (χ1n) is 7.48. The van der Waals surface area contributed by atoms with Crippen LogP contribution in [0.15, 0.2) is 24.3 Å². The molecular formula is C17H23NO4. The Kier molecular flexibility index (Phi) is 4.44. The molecule has 1 aliphatic heterocycles. The molecule has 2 rings (SSSR count). The average Bonchev–Trinajstić information content (AvgIpc) is 2.44. The van der Waals surface area contributed by atoms with Crippen LogP contribution < -0.4 is 9.64 Å². The van der Waals surface area contributed by atoms with E-state index < -0.39 is 11.6 Å². The molecule has 22 heavy (non-hydrogen) atoms. The summed E-state index contributed by atoms with van der Waals surface area (Å²) in [6.07, 6.45) is 0.620. The number of ether oxygens (including phenoxy) is 2. The first kappa shape index (κ1) is 16.3. The highest BCUT2D eigenvalue weighted by molar-refractivity contribution is 6.10. The average molecular weight is 305 g/mol. The van der Waals surface area contributed by atoms with Crippen LogP contribution in [0.1, 0.15) is 34.1 Å². The van der Waals surface area contributed by atoms with Crippen LogP contribution in [0.5, 0.6) is 5.75 Å². The summed E-state index contributed by atoms with van der Waals surface area (Å²) in [4.78, 5) is 26.3. The minimum atomic E-state index is -0.570. The Morgan fingerprint density at radius 3 is 2.27 bits per heavy atom. The van der Waals surface area contributed by atoms with Gasteiger partial charge in [0.15, 0.2) is 0 Å². The van der Waals surface area contributed by atoms with E-state index in [1.807, 2.05) is 27.7 Å². The highest BCUT2D eigenvalue weighted by Gasteiger charge is 2.52. The molecule has 1 aromatic rings. The predicted octanol–water partition coefficient (Wildman–Crippen LogP) is 2.78. The Balaban J connectivity index is 2.24. The molecule has 0 bridgehead atoms. The van der Waals surface area contributed by atoms with Crippen LogP contribution in [0, 0.1) is 5.92 Å². The number of methoxy groups -OCH3 is 1. The highest BCUT2D eigenvalue weighted by Crippen LogP contribution is 2.36. The zero-order chi connectivity index (χ0) is 16.5. The van der Waals surface area contributed by atoms with E-state index >= 15 is 0 Å². The molecular weight excluding hydrogens is 282 g/mol. The quantitative estimate of drug-likeness (QED) is 0.634. The molecule has 1 heterocycles. The number of anilines is 1. The molecule has 120 valence electrons. The monoisotopic (exact) mass is 305 g/mol. The molecule has 0 spiro atoms. The number of esters is 1. The van der Waals surface area contributed by atoms with Crippen molar-refractivity contribution in [2.24, 2.45) is 5.92 Å². The molecule has 1 fully saturated rings. The molecule has 1 aromatic carbocycles. The van der Waals surface area contributed by atoms with Crippen LogP contribution in [0.25, 0.3) is 0 Å². The first-order chi connectivity index (χ1) is 10.3. The number of hydrogen-bond acceptors (Lipinski definition) is 4. The molecule has 1 amide bonds. The molecule has 0 aromatic heterocycles. The van der Waals surface area contributed by atoms with Gasteiger partial charge < -0.3 is 9.47 Å². The zero-order valence-electron chi connectivity index (χ0n) is 13.8. The number of β-lactam (4-membered cyclic amide) rings is 1. The summed E-state index contributed by atoms with van der Waals surface area (Å²) in [5, 5.41) is 0. The van der Waals surface area contributed by atoms with Gasteiger partial charge in [0.05, 0.1) is 13.0 Å². The summed E-state index contributed by atoms with van der Waals surface area (Å²) < 4.78 is 10.6. The van der Waals surface area contributed by atoms with Gasteiger partial charge in [-0.2, -0.15) is 0 Å². The minimum absolute atomic E-state index is 0.0384. The van der Waals surface area contributed by atoms with Crippen molar-refractivity contribution in [1.82, 2.24) is 0 Å². The maximum Gasteiger partial charge on any atom is 0.330 e. The molecule has 1 saturated heterocycles. The fraction of sp³-hybridized carbons (Fsp3) is 0.529. The normalized spacial score (nSPS) is 21.3. The molecule has 1 aliphatic rings. The van der Waals surface area contributed by atoms with Crippen molar-refractivity contribution >= 4 is 17.6 Å². The molecule has 0 N–H and O–H groups in total. The Bertz CT molecular complexity index is 559. The Morgan fingerprint density at radius 2 is 1.82 bits per heavy atom. The third-order valence-corrected chi connectivity index (χ3v) is 3.65. The van der Waals surface area contributed by atoms with Crippen LogP contribution in [-0.2, 0) is 14.3 Å². The van der Waals surface area contributed by atoms with Crippen molar-refractivity contribution in [3.05, 3.63) is 24.3 Å². The van der Waals surface area contributed by atoms with Crippen molar-refractivity contribution in [1.29, 1.82) is 0 Å². The zero-order valence-corrected chi connectivity index (χ0v) is 13.8. The molecule has 0 radical (unpaired) electrons. The number of rotatable bonds is 4. The maximum atomic E-state index is 12.4. The Morgan fingerprint density at radius 1 is 1.23 bits per heavy atom. The van der Waals surface area contributed by atoms with Gasteiger partial charge in [-0.15, -0.1) is 0 Å². The van der Waals surface area contributed by atoms with Crippen molar-refractivity contribution in [3.8, 4) is 5.75 Å². The molecule has 0 aliphatic carbocycles. The van der Waals surface area contributed by atoms with E-state index in [0.717, 1.165) is 0 Å². The Labute approximate surface area is 131 Å². The summed E-state index contributed by atoms with van der Waals surface area (Å²) >= 11 is 0. The van der Waals surface area contributed by atoms with Gasteiger partial charge in [-0.05, 0) is 51.5 Å². The first-order valence-corrected chi connectivity index (χ1v) is 7.48. The third kappa shape index (κ3) is 3.08. The van der Waals surface area contributed by atoms with Crippen LogP contribution >= 0.6 is 0 Å². The molecule has 5 nitrogen and oxygen atoms in total. The second kappa shape index (κ2) is 5.99. The summed E-state index contributed by atoms with van der Waals surface area (Å²) in [5.41, 5.74) is 0.117. The fourth-order valence-electron chi connectivity index (χ4n) is 2.61. The maximum absolute atomic E-state index is 12.4. The van der Waals surface area contributed by atoms with Gasteiger partial charge in [0.1, 0.15) is 17.4 Å². The van der Waals surface area contributed by atoms with Gasteiger partial charge in [0, 0.05) is 5.69 Å². The van der Waals surface area contributed by atoms with E-state index in [9.17, 15) is 9.59 Å². The number of hydrogen-bond donors (Lipinski definition) is 0. The van der Waals surface area contributed by atoms with Crippen molar-refractivity contribution in [3.63, 3.8) is 0 Å². The van der Waals surface area contributed by atoms with Gasteiger partial charge in [-0.1, -0.05) is 6.92 Å². The standard InChI is InChI=1S/C17H23NO4/c1-6-13-14(16(20)22-17(2,3)4)18(15(13)19)11-7-9-12(21-5)10-8-11/h7-10,13-14H,6H2,1-5H3/t13-,14+/m0/s1. The topological polar surface area (TPSA) is 55.8 Å². The van der Waals surface area contributed by atoms with E-state index in [-0.39, 0.29) is 17.8 Å². The summed E-state index contributed by atoms with van der Waals surface area (Å²) in [5.74, 6) is 0.00725. The second-order valence-electron chi connectivity index (χ2n) is 6.40. The molecule has 0 saturated carbocycles. The van der Waals surface area contributed by atoms with Crippen LogP contribution in [0.3, 0.4) is 0 Å². The second-order valence-corrected chi connectivity index (χ2v) is 6.40. The van der Waals surface area contributed by atoms with Gasteiger partial charge >= 0.3 is 5.97 Å². The van der Waals surface area contributed by atoms with Crippen LogP contribution in [0.2, 0.25) is 0 Å². The van der Waals surface area contributed by atoms with E-state index in [2.05, 4.69) is 0 Å². The lowest BCUT2D eigenvalue weighted by molar-refractivity contribution is -0.164. The number of amides is 1. The van der Waals surface area contributed by atoms with Crippen LogP contribution in [0.4, 0.5) is 5.69 Å². The summed E-state index contributed by atoms with van der Waals surface area (Å²) in [6.45, 7) is 7.38. The summed E-state index contributed by atoms with van der Waals surface area (Å²) in [6, 6.07) is 6.55. The smallest absolute Gasteiger partial charge is 0.330 e. The summed E-state index contributed by atoms with van der Waals surface area (Å²) in [7, 11) is 1.58. The minimum Gasteiger partial charge on any atom is -0.497 e. The number of carbonyl (C=O) groups is 2. The van der Waals surface area contributed by atoms with E-state index in [1.54, 1.807) is 31.4 Å². The van der Waals surface area contributed by atoms with Gasteiger partial charge in [0.25, 0.3) is 0 Å². The highest BCUT2D eigenvalue weighted by atomic mass is 16.6. The lowest BCUT2D eigenvalue weighted by Gasteiger charge is -2.45. The SMILES string of the molecule is CC[C@@H]1C(=O)N(c2ccc(OC)cc2)[C@H]1C(=O)OC(C)(C)C. The lowest BCUT2D eigenvalue weighted by atomic mass is 9.84. The number of nitrogens with zero attached hydrogens (tertiary/aromatic N) is 1. The largest absolute Gasteiger partial charge is 0.497 e. The molecule has 5 heteroatoms. The van der Waals surface area contributed by atoms with Crippen molar-refractivity contribution < 1.29 is 19.1 Å². The molecule has 0 unspecified atom stereocenters. The Hall–Kier alpha value is -2.04. The third-order valence-electron chi connectivity index (χ3n) is 3.65. The van der Waals surface area contributed by atoms with E-state index in [0.29, 0.717) is 17.9 Å². The fourth-order valence-corrected chi connectivity index (χ4v) is 2.61.